The van der Waals surface area contributed by atoms with Gasteiger partial charge in [0.2, 0.25) is 6.16 Å². The second-order valence-corrected chi connectivity index (χ2v) is 2.75. The summed E-state index contributed by atoms with van der Waals surface area (Å²) in [5.74, 6) is 0. The number of carbonyl (C=O) groups is 1. The van der Waals surface area contributed by atoms with E-state index in [2.05, 4.69) is 0 Å². The first kappa shape index (κ1) is 18.1. The molecule has 0 spiro atoms. The molecular formula is C6H13NaO5. The van der Waals surface area contributed by atoms with Crippen molar-refractivity contribution in [2.45, 2.75) is 13.8 Å². The molecule has 5 nitrogen and oxygen atoms in total. The fourth-order valence-corrected chi connectivity index (χ4v) is 0.0500. The summed E-state index contributed by atoms with van der Waals surface area (Å²) in [6.07, 6.45) is -2.08. The molecule has 0 heterocycles. The summed E-state index contributed by atoms with van der Waals surface area (Å²) in [4.78, 5) is 8.44. The Balaban J connectivity index is -0.000000142. The van der Waals surface area contributed by atoms with Gasteiger partial charge < -0.3 is 25.2 Å². The van der Waals surface area contributed by atoms with Crippen molar-refractivity contribution in [1.29, 1.82) is 0 Å². The van der Waals surface area contributed by atoms with E-state index in [1.807, 2.05) is 0 Å². The molecule has 0 fully saturated rings. The van der Waals surface area contributed by atoms with Crippen molar-refractivity contribution < 1.29 is 54.8 Å². The third-order valence-electron chi connectivity index (χ3n) is 0.856. The molecule has 0 aliphatic heterocycles. The molecule has 6 heteroatoms. The smallest absolute Gasteiger partial charge is 0.565 e. The molecule has 0 aromatic heterocycles. The summed E-state index contributed by atoms with van der Waals surface area (Å²) in [5, 5.41) is 32.2. The predicted molar refractivity (Wildman–Crippen MR) is 36.0 cm³/mol. The molecule has 0 bridgehead atoms. The molecule has 0 saturated carbocycles. The van der Waals surface area contributed by atoms with E-state index in [4.69, 9.17) is 25.2 Å². The Morgan fingerprint density at radius 2 is 1.50 bits per heavy atom. The Kier molecular flexibility index (Phi) is 14.0. The van der Waals surface area contributed by atoms with Crippen LogP contribution in [0.4, 0.5) is 4.79 Å². The second kappa shape index (κ2) is 9.28. The first-order valence-electron chi connectivity index (χ1n) is 2.97. The first-order valence-corrected chi connectivity index (χ1v) is 2.97. The van der Waals surface area contributed by atoms with Gasteiger partial charge in [-0.25, -0.2) is 0 Å². The van der Waals surface area contributed by atoms with Gasteiger partial charge in [0.25, 0.3) is 0 Å². The monoisotopic (exact) mass is 188 g/mol. The molecular weight excluding hydrogens is 175 g/mol. The number of rotatable bonds is 2. The van der Waals surface area contributed by atoms with Crippen molar-refractivity contribution in [3.05, 3.63) is 0 Å². The molecule has 0 saturated heterocycles. The summed E-state index contributed by atoms with van der Waals surface area (Å²) in [5.41, 5.74) is -0.306. The maximum absolute atomic E-state index is 8.44. The third-order valence-corrected chi connectivity index (χ3v) is 0.856. The van der Waals surface area contributed by atoms with Crippen LogP contribution in [0.1, 0.15) is 13.8 Å². The number of aliphatic hydroxyl groups is 2. The number of hydrogen-bond donors (Lipinski definition) is 3. The Bertz CT molecular complexity index is 105. The fourth-order valence-electron chi connectivity index (χ4n) is 0.0500. The molecule has 0 aliphatic rings. The zero-order valence-corrected chi connectivity index (χ0v) is 9.57. The van der Waals surface area contributed by atoms with Gasteiger partial charge in [-0.15, -0.1) is 0 Å². The van der Waals surface area contributed by atoms with E-state index in [1.54, 1.807) is 13.8 Å². The molecule has 3 N–H and O–H groups in total. The summed E-state index contributed by atoms with van der Waals surface area (Å²) < 4.78 is 0. The van der Waals surface area contributed by atoms with Crippen LogP contribution in [0.5, 0.6) is 0 Å². The fraction of sp³-hybridized carbons (Fsp3) is 0.833. The van der Waals surface area contributed by atoms with Crippen LogP contribution in [-0.4, -0.2) is 34.7 Å². The van der Waals surface area contributed by atoms with Crippen molar-refractivity contribution in [3.63, 3.8) is 0 Å². The molecule has 0 unspecified atom stereocenters. The summed E-state index contributed by atoms with van der Waals surface area (Å²) in [6.45, 7) is 3.69. The largest absolute Gasteiger partial charge is 1.00 e. The van der Waals surface area contributed by atoms with Gasteiger partial charge in [0.15, 0.2) is 0 Å². The van der Waals surface area contributed by atoms with Gasteiger partial charge >= 0.3 is 29.6 Å². The van der Waals surface area contributed by atoms with Gasteiger partial charge in [-0.2, -0.15) is 0 Å². The SMILES string of the molecule is CC(C)(CO)CO.O=C([O-])O.[Na+]. The number of aliphatic hydroxyl groups excluding tert-OH is 2. The molecule has 68 valence electrons. The zero-order chi connectivity index (χ0) is 9.49. The van der Waals surface area contributed by atoms with Crippen LogP contribution in [0.15, 0.2) is 0 Å². The maximum Gasteiger partial charge on any atom is 1.00 e. The van der Waals surface area contributed by atoms with Gasteiger partial charge in [-0.1, -0.05) is 13.8 Å². The minimum atomic E-state index is -2.08. The van der Waals surface area contributed by atoms with Gasteiger partial charge in [0, 0.05) is 5.41 Å². The number of hydrogen-bond acceptors (Lipinski definition) is 4. The summed E-state index contributed by atoms with van der Waals surface area (Å²) in [6, 6.07) is 0. The van der Waals surface area contributed by atoms with Crippen LogP contribution in [-0.2, 0) is 0 Å². The predicted octanol–water partition coefficient (Wildman–Crippen LogP) is -4.11. The average Bonchev–Trinajstić information content (AvgIpc) is 1.87. The van der Waals surface area contributed by atoms with E-state index < -0.39 is 6.16 Å². The minimum Gasteiger partial charge on any atom is -0.565 e. The van der Waals surface area contributed by atoms with E-state index in [0.717, 1.165) is 0 Å². The zero-order valence-electron chi connectivity index (χ0n) is 7.57. The molecule has 0 aromatic rings. The Hall–Kier alpha value is 0.190. The number of carboxylic acid groups (broad SMARTS) is 2. The minimum absolute atomic E-state index is 0. The third kappa shape index (κ3) is 22.5. The molecule has 0 atom stereocenters. The van der Waals surface area contributed by atoms with Crippen molar-refractivity contribution in [3.8, 4) is 0 Å². The summed E-state index contributed by atoms with van der Waals surface area (Å²) >= 11 is 0. The van der Waals surface area contributed by atoms with E-state index in [0.29, 0.717) is 0 Å². The van der Waals surface area contributed by atoms with Crippen LogP contribution >= 0.6 is 0 Å². The van der Waals surface area contributed by atoms with Gasteiger partial charge in [-0.05, 0) is 0 Å². The average molecular weight is 188 g/mol. The van der Waals surface area contributed by atoms with Crippen LogP contribution in [0.3, 0.4) is 0 Å². The molecule has 0 aliphatic carbocycles. The van der Waals surface area contributed by atoms with Crippen molar-refractivity contribution in [2.24, 2.45) is 5.41 Å². The van der Waals surface area contributed by atoms with Crippen molar-refractivity contribution in [2.75, 3.05) is 13.2 Å². The van der Waals surface area contributed by atoms with Crippen LogP contribution in [0.25, 0.3) is 0 Å². The van der Waals surface area contributed by atoms with Gasteiger partial charge in [-0.3, -0.25) is 0 Å². The van der Waals surface area contributed by atoms with Crippen LogP contribution in [0, 0.1) is 5.41 Å². The van der Waals surface area contributed by atoms with Gasteiger partial charge in [0.1, 0.15) is 0 Å². The van der Waals surface area contributed by atoms with Gasteiger partial charge in [0.05, 0.1) is 13.2 Å². The standard InChI is InChI=1S/C5H12O2.CH2O3.Na/c1-5(2,3-6)4-7;2-1(3)4;/h6-7H,3-4H2,1-2H3;(H2,2,3,4);/q;;+1/p-1. The quantitative estimate of drug-likeness (QED) is 0.382. The van der Waals surface area contributed by atoms with Crippen LogP contribution in [0.2, 0.25) is 0 Å². The Morgan fingerprint density at radius 1 is 1.33 bits per heavy atom. The van der Waals surface area contributed by atoms with Crippen LogP contribution < -0.4 is 34.7 Å². The second-order valence-electron chi connectivity index (χ2n) is 2.75. The topological polar surface area (TPSA) is 101 Å². The molecule has 12 heavy (non-hydrogen) atoms. The molecule has 0 amide bonds. The molecule has 0 radical (unpaired) electrons. The van der Waals surface area contributed by atoms with E-state index in [1.165, 1.54) is 0 Å². The van der Waals surface area contributed by atoms with E-state index in [9.17, 15) is 0 Å². The van der Waals surface area contributed by atoms with Crippen molar-refractivity contribution in [1.82, 2.24) is 0 Å². The molecule has 0 aromatic carbocycles. The summed E-state index contributed by atoms with van der Waals surface area (Å²) in [7, 11) is 0. The first-order chi connectivity index (χ1) is 4.85. The molecule has 0 rings (SSSR count). The van der Waals surface area contributed by atoms with E-state index in [-0.39, 0.29) is 48.2 Å². The Labute approximate surface area is 93.3 Å². The van der Waals surface area contributed by atoms with E-state index >= 15 is 0 Å². The van der Waals surface area contributed by atoms with Crippen molar-refractivity contribution >= 4 is 6.16 Å². The Morgan fingerprint density at radius 3 is 1.50 bits per heavy atom. The maximum atomic E-state index is 8.44. The normalized spacial score (nSPS) is 9.00.